The molecule has 0 bridgehead atoms. The van der Waals surface area contributed by atoms with Gasteiger partial charge in [-0.05, 0) is 31.7 Å². The zero-order valence-electron chi connectivity index (χ0n) is 12.1. The van der Waals surface area contributed by atoms with Crippen LogP contribution in [0.15, 0.2) is 5.10 Å². The molecule has 5 heteroatoms. The van der Waals surface area contributed by atoms with E-state index in [1.54, 1.807) is 0 Å². The largest absolute Gasteiger partial charge is 0.390 e. The van der Waals surface area contributed by atoms with Crippen LogP contribution < -0.4 is 11.1 Å². The highest BCUT2D eigenvalue weighted by Gasteiger charge is 2.39. The predicted molar refractivity (Wildman–Crippen MR) is 84.4 cm³/mol. The van der Waals surface area contributed by atoms with Crippen LogP contribution in [0.2, 0.25) is 0 Å². The molecule has 0 amide bonds. The first kappa shape index (κ1) is 12.7. The first-order valence-electron chi connectivity index (χ1n) is 7.67. The van der Waals surface area contributed by atoms with Crippen LogP contribution in [0, 0.1) is 0 Å². The highest BCUT2D eigenvalue weighted by molar-refractivity contribution is 7.16. The van der Waals surface area contributed by atoms with Crippen molar-refractivity contribution >= 4 is 22.0 Å². The molecule has 2 aliphatic heterocycles. The number of fused-ring (bicyclic) bond motifs is 3. The van der Waals surface area contributed by atoms with Crippen molar-refractivity contribution in [3.05, 3.63) is 16.0 Å². The fraction of sp³-hybridized carbons (Fsp3) is 0.667. The Kier molecular flexibility index (Phi) is 2.82. The maximum absolute atomic E-state index is 6.29. The van der Waals surface area contributed by atoms with Crippen molar-refractivity contribution in [3.8, 4) is 0 Å². The number of nitrogens with zero attached hydrogens (tertiary/aromatic N) is 2. The predicted octanol–water partition coefficient (Wildman–Crippen LogP) is 2.47. The van der Waals surface area contributed by atoms with E-state index in [9.17, 15) is 0 Å². The van der Waals surface area contributed by atoms with Gasteiger partial charge in [-0.1, -0.05) is 6.92 Å². The third kappa shape index (κ3) is 1.79. The van der Waals surface area contributed by atoms with Crippen LogP contribution in [0.1, 0.15) is 54.7 Å². The summed E-state index contributed by atoms with van der Waals surface area (Å²) in [5, 5.41) is 11.6. The van der Waals surface area contributed by atoms with Gasteiger partial charge in [-0.15, -0.1) is 11.3 Å². The Balaban J connectivity index is 1.68. The molecule has 1 aromatic heterocycles. The quantitative estimate of drug-likeness (QED) is 0.841. The average Bonchev–Trinajstić information content (AvgIpc) is 3.07. The molecule has 1 saturated heterocycles. The van der Waals surface area contributed by atoms with Gasteiger partial charge in [0.25, 0.3) is 0 Å². The molecule has 0 spiro atoms. The average molecular weight is 290 g/mol. The van der Waals surface area contributed by atoms with Crippen molar-refractivity contribution in [1.82, 2.24) is 10.3 Å². The SMILES string of the molecule is CCC(C)N1CC2C(=N1)CCc1c2sc(N)c1C1CN1. The normalized spacial score (nSPS) is 28.9. The fourth-order valence-corrected chi connectivity index (χ4v) is 4.77. The van der Waals surface area contributed by atoms with Crippen LogP contribution in [0.5, 0.6) is 0 Å². The number of nitrogen functional groups attached to an aromatic ring is 1. The lowest BCUT2D eigenvalue weighted by Gasteiger charge is -2.23. The molecule has 3 unspecified atom stereocenters. The Morgan fingerprint density at radius 3 is 3.00 bits per heavy atom. The summed E-state index contributed by atoms with van der Waals surface area (Å²) < 4.78 is 0. The van der Waals surface area contributed by atoms with E-state index in [2.05, 4.69) is 24.2 Å². The minimum absolute atomic E-state index is 0.507. The molecule has 0 saturated carbocycles. The molecule has 4 nitrogen and oxygen atoms in total. The Labute approximate surface area is 124 Å². The van der Waals surface area contributed by atoms with Gasteiger partial charge in [0.05, 0.1) is 10.9 Å². The number of hydrogen-bond acceptors (Lipinski definition) is 5. The number of hydrazone groups is 1. The van der Waals surface area contributed by atoms with Gasteiger partial charge in [-0.3, -0.25) is 5.01 Å². The number of nitrogens with one attached hydrogen (secondary N) is 1. The molecular weight excluding hydrogens is 268 g/mol. The van der Waals surface area contributed by atoms with Crippen molar-refractivity contribution in [2.24, 2.45) is 5.10 Å². The molecular formula is C15H22N4S. The monoisotopic (exact) mass is 290 g/mol. The van der Waals surface area contributed by atoms with E-state index in [4.69, 9.17) is 10.8 Å². The second-order valence-electron chi connectivity index (χ2n) is 6.21. The molecule has 1 aliphatic carbocycles. The van der Waals surface area contributed by atoms with Gasteiger partial charge in [0.15, 0.2) is 0 Å². The zero-order chi connectivity index (χ0) is 13.9. The standard InChI is InChI=1S/C15H22N4S/c1-3-8(2)19-7-10-11(18-19)5-4-9-13(12-6-17-12)15(16)20-14(9)10/h8,10,12,17H,3-7,16H2,1-2H3. The Morgan fingerprint density at radius 1 is 1.50 bits per heavy atom. The first-order chi connectivity index (χ1) is 9.69. The van der Waals surface area contributed by atoms with E-state index in [1.165, 1.54) is 21.7 Å². The summed E-state index contributed by atoms with van der Waals surface area (Å²) in [5.41, 5.74) is 10.6. The molecule has 1 fully saturated rings. The number of rotatable bonds is 3. The summed E-state index contributed by atoms with van der Waals surface area (Å²) in [6.45, 7) is 6.65. The molecule has 108 valence electrons. The van der Waals surface area contributed by atoms with Crippen LogP contribution in [0.3, 0.4) is 0 Å². The highest BCUT2D eigenvalue weighted by Crippen LogP contribution is 2.47. The number of nitrogens with two attached hydrogens (primary N) is 1. The molecule has 4 rings (SSSR count). The van der Waals surface area contributed by atoms with Gasteiger partial charge in [-0.2, -0.15) is 5.10 Å². The molecule has 3 atom stereocenters. The molecule has 0 aromatic carbocycles. The summed E-state index contributed by atoms with van der Waals surface area (Å²) in [6, 6.07) is 1.07. The van der Waals surface area contributed by atoms with Crippen molar-refractivity contribution in [3.63, 3.8) is 0 Å². The summed E-state index contributed by atoms with van der Waals surface area (Å²) in [5.74, 6) is 0.507. The topological polar surface area (TPSA) is 63.6 Å². The summed E-state index contributed by atoms with van der Waals surface area (Å²) >= 11 is 1.81. The lowest BCUT2D eigenvalue weighted by atomic mass is 9.85. The van der Waals surface area contributed by atoms with Crippen LogP contribution >= 0.6 is 11.3 Å². The molecule has 3 heterocycles. The lowest BCUT2D eigenvalue weighted by Crippen LogP contribution is -2.27. The van der Waals surface area contributed by atoms with E-state index >= 15 is 0 Å². The summed E-state index contributed by atoms with van der Waals surface area (Å²) in [6.07, 6.45) is 3.39. The van der Waals surface area contributed by atoms with Crippen LogP contribution in [0.4, 0.5) is 5.00 Å². The van der Waals surface area contributed by atoms with Gasteiger partial charge in [-0.25, -0.2) is 0 Å². The minimum atomic E-state index is 0.507. The van der Waals surface area contributed by atoms with Gasteiger partial charge in [0.1, 0.15) is 0 Å². The zero-order valence-corrected chi connectivity index (χ0v) is 13.0. The molecule has 20 heavy (non-hydrogen) atoms. The lowest BCUT2D eigenvalue weighted by molar-refractivity contribution is 0.231. The van der Waals surface area contributed by atoms with Crippen LogP contribution in [-0.4, -0.2) is 29.9 Å². The van der Waals surface area contributed by atoms with E-state index < -0.39 is 0 Å². The third-order valence-electron chi connectivity index (χ3n) is 4.94. The Hall–Kier alpha value is -1.07. The second kappa shape index (κ2) is 4.46. The maximum atomic E-state index is 6.29. The molecule has 0 radical (unpaired) electrons. The van der Waals surface area contributed by atoms with E-state index in [1.807, 2.05) is 11.3 Å². The second-order valence-corrected chi connectivity index (χ2v) is 7.29. The van der Waals surface area contributed by atoms with Gasteiger partial charge < -0.3 is 11.1 Å². The Morgan fingerprint density at radius 2 is 2.30 bits per heavy atom. The number of thiophene rings is 1. The number of hydrogen-bond donors (Lipinski definition) is 2. The number of anilines is 1. The molecule has 3 aliphatic rings. The fourth-order valence-electron chi connectivity index (χ4n) is 3.47. The van der Waals surface area contributed by atoms with Crippen LogP contribution in [0.25, 0.3) is 0 Å². The summed E-state index contributed by atoms with van der Waals surface area (Å²) in [4.78, 5) is 1.50. The maximum Gasteiger partial charge on any atom is 0.0911 e. The van der Waals surface area contributed by atoms with Crippen LogP contribution in [-0.2, 0) is 6.42 Å². The molecule has 3 N–H and O–H groups in total. The van der Waals surface area contributed by atoms with Gasteiger partial charge in [0, 0.05) is 41.3 Å². The highest BCUT2D eigenvalue weighted by atomic mass is 32.1. The van der Waals surface area contributed by atoms with E-state index in [0.717, 1.165) is 37.4 Å². The van der Waals surface area contributed by atoms with Crippen molar-refractivity contribution in [2.45, 2.75) is 51.1 Å². The molecule has 1 aromatic rings. The van der Waals surface area contributed by atoms with Gasteiger partial charge in [0.2, 0.25) is 0 Å². The van der Waals surface area contributed by atoms with Crippen molar-refractivity contribution < 1.29 is 0 Å². The minimum Gasteiger partial charge on any atom is -0.390 e. The van der Waals surface area contributed by atoms with E-state index in [-0.39, 0.29) is 0 Å². The smallest absolute Gasteiger partial charge is 0.0911 e. The van der Waals surface area contributed by atoms with Crippen molar-refractivity contribution in [1.29, 1.82) is 0 Å². The first-order valence-corrected chi connectivity index (χ1v) is 8.49. The van der Waals surface area contributed by atoms with Gasteiger partial charge >= 0.3 is 0 Å². The van der Waals surface area contributed by atoms with E-state index in [0.29, 0.717) is 18.0 Å². The summed E-state index contributed by atoms with van der Waals surface area (Å²) in [7, 11) is 0. The third-order valence-corrected chi connectivity index (χ3v) is 6.13. The van der Waals surface area contributed by atoms with Crippen molar-refractivity contribution in [2.75, 3.05) is 18.8 Å². The Bertz CT molecular complexity index is 573.